The van der Waals surface area contributed by atoms with Crippen LogP contribution in [0.4, 0.5) is 0 Å². The Hall–Kier alpha value is -1.68. The van der Waals surface area contributed by atoms with E-state index in [-0.39, 0.29) is 29.9 Å². The van der Waals surface area contributed by atoms with Crippen molar-refractivity contribution in [1.29, 1.82) is 0 Å². The standard InChI is InChI=1S/C12H10ClNO3/c1-14-11(16)5-7-2-3-8(10(15)6-13)4-9(7)12(14)17/h2-4H,5-6H2,1H3. The van der Waals surface area contributed by atoms with Crippen LogP contribution in [-0.2, 0) is 11.2 Å². The molecule has 1 heterocycles. The van der Waals surface area contributed by atoms with Gasteiger partial charge in [-0.3, -0.25) is 19.3 Å². The molecular weight excluding hydrogens is 242 g/mol. The van der Waals surface area contributed by atoms with E-state index in [0.29, 0.717) is 16.7 Å². The van der Waals surface area contributed by atoms with Gasteiger partial charge in [-0.05, 0) is 11.6 Å². The van der Waals surface area contributed by atoms with Crippen molar-refractivity contribution in [3.63, 3.8) is 0 Å². The van der Waals surface area contributed by atoms with E-state index in [2.05, 4.69) is 0 Å². The highest BCUT2D eigenvalue weighted by Crippen LogP contribution is 2.20. The number of Topliss-reactive ketones (excluding diaryl/α,β-unsaturated/α-hetero) is 1. The van der Waals surface area contributed by atoms with Gasteiger partial charge in [0.25, 0.3) is 5.91 Å². The second-order valence-corrected chi connectivity index (χ2v) is 4.13. The molecule has 0 N–H and O–H groups in total. The van der Waals surface area contributed by atoms with Crippen molar-refractivity contribution < 1.29 is 14.4 Å². The van der Waals surface area contributed by atoms with Crippen LogP contribution in [0.5, 0.6) is 0 Å². The fraction of sp³-hybridized carbons (Fsp3) is 0.250. The molecule has 1 aliphatic heterocycles. The summed E-state index contributed by atoms with van der Waals surface area (Å²) in [7, 11) is 1.43. The first-order chi connectivity index (χ1) is 8.04. The number of nitrogens with zero attached hydrogens (tertiary/aromatic N) is 1. The number of hydrogen-bond donors (Lipinski definition) is 0. The van der Waals surface area contributed by atoms with Crippen molar-refractivity contribution in [3.8, 4) is 0 Å². The summed E-state index contributed by atoms with van der Waals surface area (Å²) >= 11 is 5.46. The van der Waals surface area contributed by atoms with E-state index in [4.69, 9.17) is 11.6 Å². The highest BCUT2D eigenvalue weighted by atomic mass is 35.5. The van der Waals surface area contributed by atoms with Gasteiger partial charge in [0.05, 0.1) is 12.3 Å². The Morgan fingerprint density at radius 1 is 1.41 bits per heavy atom. The number of hydrogen-bond acceptors (Lipinski definition) is 3. The smallest absolute Gasteiger partial charge is 0.260 e. The normalized spacial score (nSPS) is 14.8. The predicted octanol–water partition coefficient (Wildman–Crippen LogP) is 1.26. The Labute approximate surface area is 103 Å². The molecule has 1 aliphatic rings. The summed E-state index contributed by atoms with van der Waals surface area (Å²) in [5.41, 5.74) is 1.46. The Balaban J connectivity index is 2.49. The summed E-state index contributed by atoms with van der Waals surface area (Å²) in [5.74, 6) is -0.969. The van der Waals surface area contributed by atoms with Crippen LogP contribution in [0.15, 0.2) is 18.2 Å². The van der Waals surface area contributed by atoms with Gasteiger partial charge in [-0.25, -0.2) is 0 Å². The van der Waals surface area contributed by atoms with E-state index >= 15 is 0 Å². The fourth-order valence-electron chi connectivity index (χ4n) is 1.76. The maximum atomic E-state index is 11.9. The lowest BCUT2D eigenvalue weighted by Crippen LogP contribution is -2.39. The molecule has 2 rings (SSSR count). The first-order valence-electron chi connectivity index (χ1n) is 5.07. The Kier molecular flexibility index (Phi) is 2.98. The molecule has 1 aromatic rings. The number of alkyl halides is 1. The molecule has 0 saturated heterocycles. The zero-order valence-electron chi connectivity index (χ0n) is 9.20. The summed E-state index contributed by atoms with van der Waals surface area (Å²) in [4.78, 5) is 35.8. The molecule has 0 spiro atoms. The largest absolute Gasteiger partial charge is 0.293 e. The van der Waals surface area contributed by atoms with Gasteiger partial charge in [0, 0.05) is 18.2 Å². The summed E-state index contributed by atoms with van der Waals surface area (Å²) in [6.07, 6.45) is 0.187. The molecule has 0 aromatic heterocycles. The van der Waals surface area contributed by atoms with Crippen LogP contribution < -0.4 is 0 Å². The molecule has 0 saturated carbocycles. The first kappa shape index (κ1) is 11.8. The summed E-state index contributed by atoms with van der Waals surface area (Å²) in [6, 6.07) is 4.73. The van der Waals surface area contributed by atoms with Crippen LogP contribution in [0.25, 0.3) is 0 Å². The zero-order valence-corrected chi connectivity index (χ0v) is 9.95. The molecule has 0 fully saturated rings. The number of imide groups is 1. The lowest BCUT2D eigenvalue weighted by atomic mass is 9.95. The number of rotatable bonds is 2. The lowest BCUT2D eigenvalue weighted by Gasteiger charge is -2.23. The molecule has 0 atom stereocenters. The molecule has 0 radical (unpaired) electrons. The van der Waals surface area contributed by atoms with Crippen LogP contribution in [-0.4, -0.2) is 35.4 Å². The molecule has 0 bridgehead atoms. The van der Waals surface area contributed by atoms with E-state index in [1.54, 1.807) is 12.1 Å². The molecule has 0 aliphatic carbocycles. The predicted molar refractivity (Wildman–Crippen MR) is 62.3 cm³/mol. The van der Waals surface area contributed by atoms with Crippen LogP contribution in [0, 0.1) is 0 Å². The van der Waals surface area contributed by atoms with Gasteiger partial charge in [-0.1, -0.05) is 12.1 Å². The second kappa shape index (κ2) is 4.30. The van der Waals surface area contributed by atoms with Crippen LogP contribution >= 0.6 is 11.6 Å². The fourth-order valence-corrected chi connectivity index (χ4v) is 1.91. The summed E-state index contributed by atoms with van der Waals surface area (Å²) < 4.78 is 0. The number of amides is 2. The molecular formula is C12H10ClNO3. The van der Waals surface area contributed by atoms with Crippen LogP contribution in [0.3, 0.4) is 0 Å². The van der Waals surface area contributed by atoms with Gasteiger partial charge in [0.1, 0.15) is 0 Å². The van der Waals surface area contributed by atoms with Crippen molar-refractivity contribution in [1.82, 2.24) is 4.90 Å². The van der Waals surface area contributed by atoms with Gasteiger partial charge in [-0.2, -0.15) is 0 Å². The zero-order chi connectivity index (χ0) is 12.6. The van der Waals surface area contributed by atoms with E-state index in [0.717, 1.165) is 4.90 Å². The number of carbonyl (C=O) groups excluding carboxylic acids is 3. The molecule has 5 heteroatoms. The maximum absolute atomic E-state index is 11.9. The van der Waals surface area contributed by atoms with E-state index in [9.17, 15) is 14.4 Å². The molecule has 2 amide bonds. The number of halogens is 1. The minimum Gasteiger partial charge on any atom is -0.293 e. The highest BCUT2D eigenvalue weighted by molar-refractivity contribution is 6.30. The number of ketones is 1. The second-order valence-electron chi connectivity index (χ2n) is 3.86. The topological polar surface area (TPSA) is 54.5 Å². The maximum Gasteiger partial charge on any atom is 0.260 e. The minimum absolute atomic E-state index is 0.123. The molecule has 17 heavy (non-hydrogen) atoms. The number of carbonyl (C=O) groups is 3. The van der Waals surface area contributed by atoms with Crippen LogP contribution in [0.1, 0.15) is 26.3 Å². The van der Waals surface area contributed by atoms with E-state index in [1.165, 1.54) is 13.1 Å². The van der Waals surface area contributed by atoms with Crippen molar-refractivity contribution in [2.75, 3.05) is 12.9 Å². The highest BCUT2D eigenvalue weighted by Gasteiger charge is 2.28. The monoisotopic (exact) mass is 251 g/mol. The quantitative estimate of drug-likeness (QED) is 0.452. The first-order valence-corrected chi connectivity index (χ1v) is 5.61. The third kappa shape index (κ3) is 1.96. The number of benzene rings is 1. The van der Waals surface area contributed by atoms with E-state index < -0.39 is 0 Å². The number of likely N-dealkylation sites (N-methyl/N-ethyl adjacent to an activating group) is 1. The summed E-state index contributed by atoms with van der Waals surface area (Å²) in [5, 5.41) is 0. The SMILES string of the molecule is CN1C(=O)Cc2ccc(C(=O)CCl)cc2C1=O. The molecule has 88 valence electrons. The molecule has 1 aromatic carbocycles. The Morgan fingerprint density at radius 2 is 2.12 bits per heavy atom. The molecule has 4 nitrogen and oxygen atoms in total. The average Bonchev–Trinajstić information content (AvgIpc) is 2.35. The summed E-state index contributed by atoms with van der Waals surface area (Å²) in [6.45, 7) is 0. The van der Waals surface area contributed by atoms with Crippen molar-refractivity contribution in [3.05, 3.63) is 34.9 Å². The Bertz CT molecular complexity index is 524. The van der Waals surface area contributed by atoms with Crippen molar-refractivity contribution in [2.24, 2.45) is 0 Å². The van der Waals surface area contributed by atoms with Gasteiger partial charge in [0.15, 0.2) is 5.78 Å². The van der Waals surface area contributed by atoms with Gasteiger partial charge in [-0.15, -0.1) is 11.6 Å². The number of fused-ring (bicyclic) bond motifs is 1. The van der Waals surface area contributed by atoms with Crippen molar-refractivity contribution in [2.45, 2.75) is 6.42 Å². The molecule has 0 unspecified atom stereocenters. The lowest BCUT2D eigenvalue weighted by molar-refractivity contribution is -0.127. The van der Waals surface area contributed by atoms with Crippen LogP contribution in [0.2, 0.25) is 0 Å². The van der Waals surface area contributed by atoms with Gasteiger partial charge < -0.3 is 0 Å². The minimum atomic E-state index is -0.375. The average molecular weight is 252 g/mol. The Morgan fingerprint density at radius 3 is 2.76 bits per heavy atom. The van der Waals surface area contributed by atoms with E-state index in [1.807, 2.05) is 0 Å². The van der Waals surface area contributed by atoms with Crippen molar-refractivity contribution >= 4 is 29.2 Å². The van der Waals surface area contributed by atoms with Gasteiger partial charge in [0.2, 0.25) is 5.91 Å². The third-order valence-electron chi connectivity index (χ3n) is 2.80. The third-order valence-corrected chi connectivity index (χ3v) is 3.05. The van der Waals surface area contributed by atoms with Gasteiger partial charge >= 0.3 is 0 Å².